The highest BCUT2D eigenvalue weighted by Crippen LogP contribution is 2.11. The first-order chi connectivity index (χ1) is 9.06. The third-order valence-electron chi connectivity index (χ3n) is 3.26. The molecule has 0 aromatic rings. The van der Waals surface area contributed by atoms with Crippen molar-refractivity contribution in [3.63, 3.8) is 0 Å². The highest BCUT2D eigenvalue weighted by Gasteiger charge is 2.21. The highest BCUT2D eigenvalue weighted by atomic mass is 16.6. The van der Waals surface area contributed by atoms with Crippen molar-refractivity contribution in [3.8, 4) is 0 Å². The van der Waals surface area contributed by atoms with Gasteiger partial charge in [0, 0.05) is 19.6 Å². The van der Waals surface area contributed by atoms with Crippen molar-refractivity contribution in [2.75, 3.05) is 20.1 Å². The lowest BCUT2D eigenvalue weighted by atomic mass is 10.0. The molecule has 0 rings (SSSR count). The molecule has 2 unspecified atom stereocenters. The van der Waals surface area contributed by atoms with Crippen LogP contribution >= 0.6 is 0 Å². The van der Waals surface area contributed by atoms with Crippen molar-refractivity contribution < 1.29 is 9.53 Å². The van der Waals surface area contributed by atoms with Gasteiger partial charge in [0.25, 0.3) is 0 Å². The fourth-order valence-electron chi connectivity index (χ4n) is 2.15. The number of amides is 1. The number of carbonyl (C=O) groups is 1. The van der Waals surface area contributed by atoms with Crippen molar-refractivity contribution in [1.82, 2.24) is 10.2 Å². The lowest BCUT2D eigenvalue weighted by Crippen LogP contribution is -2.41. The van der Waals surface area contributed by atoms with E-state index in [2.05, 4.69) is 33.0 Å². The molecule has 0 bridgehead atoms. The molecule has 4 heteroatoms. The van der Waals surface area contributed by atoms with Crippen LogP contribution in [0, 0.1) is 11.8 Å². The summed E-state index contributed by atoms with van der Waals surface area (Å²) >= 11 is 0. The number of hydrogen-bond donors (Lipinski definition) is 1. The molecule has 120 valence electrons. The second kappa shape index (κ2) is 8.50. The Hall–Kier alpha value is -0.770. The van der Waals surface area contributed by atoms with Crippen LogP contribution < -0.4 is 5.32 Å². The molecular weight excluding hydrogens is 252 g/mol. The van der Waals surface area contributed by atoms with E-state index in [0.29, 0.717) is 24.4 Å². The second-order valence-corrected chi connectivity index (χ2v) is 7.13. The SMILES string of the molecule is CCC(NCC(C)CN(C)C(=O)OC(C)(C)C)C(C)C. The maximum atomic E-state index is 11.9. The Morgan fingerprint density at radius 1 is 1.25 bits per heavy atom. The summed E-state index contributed by atoms with van der Waals surface area (Å²) in [4.78, 5) is 13.5. The van der Waals surface area contributed by atoms with Crippen LogP contribution in [0.3, 0.4) is 0 Å². The van der Waals surface area contributed by atoms with Crippen LogP contribution in [0.25, 0.3) is 0 Å². The topological polar surface area (TPSA) is 41.6 Å². The van der Waals surface area contributed by atoms with Gasteiger partial charge in [0.2, 0.25) is 0 Å². The Morgan fingerprint density at radius 3 is 2.20 bits per heavy atom. The summed E-state index contributed by atoms with van der Waals surface area (Å²) < 4.78 is 5.35. The van der Waals surface area contributed by atoms with E-state index in [0.717, 1.165) is 13.0 Å². The van der Waals surface area contributed by atoms with Crippen LogP contribution in [0.15, 0.2) is 0 Å². The number of hydrogen-bond acceptors (Lipinski definition) is 3. The van der Waals surface area contributed by atoms with Crippen LogP contribution in [0.1, 0.15) is 54.9 Å². The van der Waals surface area contributed by atoms with Gasteiger partial charge in [-0.2, -0.15) is 0 Å². The van der Waals surface area contributed by atoms with Crippen LogP contribution in [0.5, 0.6) is 0 Å². The third kappa shape index (κ3) is 8.41. The molecule has 0 spiro atoms. The van der Waals surface area contributed by atoms with Gasteiger partial charge < -0.3 is 15.0 Å². The van der Waals surface area contributed by atoms with E-state index in [-0.39, 0.29) is 6.09 Å². The fourth-order valence-corrected chi connectivity index (χ4v) is 2.15. The molecule has 0 aromatic heterocycles. The average molecular weight is 286 g/mol. The minimum atomic E-state index is -0.433. The summed E-state index contributed by atoms with van der Waals surface area (Å²) in [5.74, 6) is 1.04. The van der Waals surface area contributed by atoms with E-state index in [9.17, 15) is 4.79 Å². The molecule has 0 aliphatic rings. The molecule has 4 nitrogen and oxygen atoms in total. The van der Waals surface area contributed by atoms with Crippen LogP contribution in [0.4, 0.5) is 4.79 Å². The predicted molar refractivity (Wildman–Crippen MR) is 84.9 cm³/mol. The van der Waals surface area contributed by atoms with Crippen molar-refractivity contribution in [2.45, 2.75) is 66.5 Å². The summed E-state index contributed by atoms with van der Waals surface area (Å²) in [7, 11) is 1.80. The van der Waals surface area contributed by atoms with Gasteiger partial charge in [-0.25, -0.2) is 4.79 Å². The molecule has 0 fully saturated rings. The Labute approximate surface area is 125 Å². The molecule has 0 aliphatic carbocycles. The Balaban J connectivity index is 4.13. The zero-order valence-electron chi connectivity index (χ0n) is 14.6. The minimum absolute atomic E-state index is 0.250. The smallest absolute Gasteiger partial charge is 0.410 e. The van der Waals surface area contributed by atoms with Gasteiger partial charge in [0.05, 0.1) is 0 Å². The van der Waals surface area contributed by atoms with Crippen molar-refractivity contribution in [3.05, 3.63) is 0 Å². The molecule has 0 heterocycles. The molecule has 0 radical (unpaired) electrons. The summed E-state index contributed by atoms with van der Waals surface area (Å²) in [6.45, 7) is 16.1. The van der Waals surface area contributed by atoms with Gasteiger partial charge in [-0.15, -0.1) is 0 Å². The lowest BCUT2D eigenvalue weighted by molar-refractivity contribution is 0.0276. The Kier molecular flexibility index (Phi) is 8.17. The molecular formula is C16H34N2O2. The first-order valence-corrected chi connectivity index (χ1v) is 7.74. The third-order valence-corrected chi connectivity index (χ3v) is 3.26. The zero-order chi connectivity index (χ0) is 15.9. The van der Waals surface area contributed by atoms with Crippen LogP contribution in [-0.2, 0) is 4.74 Å². The van der Waals surface area contributed by atoms with Gasteiger partial charge in [-0.1, -0.05) is 27.7 Å². The van der Waals surface area contributed by atoms with E-state index >= 15 is 0 Å². The maximum absolute atomic E-state index is 11.9. The molecule has 0 saturated carbocycles. The molecule has 0 aliphatic heterocycles. The molecule has 0 saturated heterocycles. The molecule has 2 atom stereocenters. The first kappa shape index (κ1) is 19.2. The average Bonchev–Trinajstić information content (AvgIpc) is 2.26. The van der Waals surface area contributed by atoms with E-state index in [4.69, 9.17) is 4.74 Å². The number of nitrogens with zero attached hydrogens (tertiary/aromatic N) is 1. The number of ether oxygens (including phenoxy) is 1. The summed E-state index contributed by atoms with van der Waals surface area (Å²) in [5.41, 5.74) is -0.433. The predicted octanol–water partition coefficient (Wildman–Crippen LogP) is 3.51. The van der Waals surface area contributed by atoms with Crippen LogP contribution in [-0.4, -0.2) is 42.8 Å². The Morgan fingerprint density at radius 2 is 1.80 bits per heavy atom. The monoisotopic (exact) mass is 286 g/mol. The number of carbonyl (C=O) groups excluding carboxylic acids is 1. The zero-order valence-corrected chi connectivity index (χ0v) is 14.6. The number of rotatable bonds is 7. The minimum Gasteiger partial charge on any atom is -0.444 e. The normalized spacial score (nSPS) is 15.1. The van der Waals surface area contributed by atoms with Gasteiger partial charge in [-0.3, -0.25) is 0 Å². The summed E-state index contributed by atoms with van der Waals surface area (Å²) in [6.07, 6.45) is 0.881. The highest BCUT2D eigenvalue weighted by molar-refractivity contribution is 5.67. The van der Waals surface area contributed by atoms with Crippen LogP contribution in [0.2, 0.25) is 0 Å². The maximum Gasteiger partial charge on any atom is 0.410 e. The van der Waals surface area contributed by atoms with Gasteiger partial charge in [-0.05, 0) is 45.6 Å². The molecule has 1 N–H and O–H groups in total. The second-order valence-electron chi connectivity index (χ2n) is 7.13. The van der Waals surface area contributed by atoms with Crippen molar-refractivity contribution in [1.29, 1.82) is 0 Å². The van der Waals surface area contributed by atoms with Gasteiger partial charge in [0.15, 0.2) is 0 Å². The first-order valence-electron chi connectivity index (χ1n) is 7.74. The lowest BCUT2D eigenvalue weighted by Gasteiger charge is -2.28. The molecule has 0 aromatic carbocycles. The van der Waals surface area contributed by atoms with Gasteiger partial charge >= 0.3 is 6.09 Å². The number of nitrogens with one attached hydrogen (secondary N) is 1. The van der Waals surface area contributed by atoms with E-state index < -0.39 is 5.60 Å². The quantitative estimate of drug-likeness (QED) is 0.778. The van der Waals surface area contributed by atoms with Crippen molar-refractivity contribution in [2.24, 2.45) is 11.8 Å². The van der Waals surface area contributed by atoms with E-state index in [1.54, 1.807) is 11.9 Å². The van der Waals surface area contributed by atoms with Gasteiger partial charge in [0.1, 0.15) is 5.60 Å². The van der Waals surface area contributed by atoms with E-state index in [1.807, 2.05) is 20.8 Å². The molecule has 1 amide bonds. The van der Waals surface area contributed by atoms with E-state index in [1.165, 1.54) is 0 Å². The standard InChI is InChI=1S/C16H34N2O2/c1-9-14(12(2)3)17-10-13(4)11-18(8)15(19)20-16(5,6)7/h12-14,17H,9-11H2,1-8H3. The van der Waals surface area contributed by atoms with Crippen molar-refractivity contribution >= 4 is 6.09 Å². The largest absolute Gasteiger partial charge is 0.444 e. The molecule has 20 heavy (non-hydrogen) atoms. The summed E-state index contributed by atoms with van der Waals surface area (Å²) in [6, 6.07) is 0.546. The Bertz CT molecular complexity index is 285. The fraction of sp³-hybridized carbons (Fsp3) is 0.938. The summed E-state index contributed by atoms with van der Waals surface area (Å²) in [5, 5.41) is 3.58.